The van der Waals surface area contributed by atoms with Crippen LogP contribution in [0.1, 0.15) is 41.9 Å². The first-order chi connectivity index (χ1) is 10.6. The highest BCUT2D eigenvalue weighted by Gasteiger charge is 2.21. The van der Waals surface area contributed by atoms with Gasteiger partial charge >= 0.3 is 0 Å². The van der Waals surface area contributed by atoms with Crippen molar-refractivity contribution in [2.45, 2.75) is 58.5 Å². The van der Waals surface area contributed by atoms with Crippen molar-refractivity contribution in [2.24, 2.45) is 0 Å². The van der Waals surface area contributed by atoms with Gasteiger partial charge in [0, 0.05) is 36.8 Å². The average molecular weight is 301 g/mol. The molecule has 2 aromatic heterocycles. The third-order valence-electron chi connectivity index (χ3n) is 4.26. The van der Waals surface area contributed by atoms with Gasteiger partial charge in [0.1, 0.15) is 0 Å². The second-order valence-corrected chi connectivity index (χ2v) is 6.13. The first-order valence-electron chi connectivity index (χ1n) is 7.93. The number of nitrogens with one attached hydrogen (secondary N) is 2. The van der Waals surface area contributed by atoms with E-state index >= 15 is 0 Å². The van der Waals surface area contributed by atoms with E-state index in [1.807, 2.05) is 24.7 Å². The largest absolute Gasteiger partial charge is 0.353 e. The number of carbonyl (C=O) groups excluding carboxylic acids is 1. The first kappa shape index (κ1) is 14.8. The van der Waals surface area contributed by atoms with Gasteiger partial charge < -0.3 is 5.32 Å². The number of carbonyl (C=O) groups is 1. The fraction of sp³-hybridized carbons (Fsp3) is 0.562. The van der Waals surface area contributed by atoms with Gasteiger partial charge in [-0.3, -0.25) is 14.6 Å². The maximum Gasteiger partial charge on any atom is 0.220 e. The van der Waals surface area contributed by atoms with Crippen molar-refractivity contribution in [1.29, 1.82) is 0 Å². The van der Waals surface area contributed by atoms with Crippen LogP contribution in [0.15, 0.2) is 12.3 Å². The van der Waals surface area contributed by atoms with E-state index in [4.69, 9.17) is 0 Å². The summed E-state index contributed by atoms with van der Waals surface area (Å²) in [7, 11) is 0. The summed E-state index contributed by atoms with van der Waals surface area (Å²) in [5.74, 6) is 0.134. The first-order valence-corrected chi connectivity index (χ1v) is 7.93. The molecule has 2 heterocycles. The zero-order chi connectivity index (χ0) is 15.5. The highest BCUT2D eigenvalue weighted by Crippen LogP contribution is 2.18. The number of aryl methyl sites for hydroxylation is 4. The number of aromatic nitrogens is 4. The van der Waals surface area contributed by atoms with Crippen LogP contribution in [0.25, 0.3) is 0 Å². The minimum Gasteiger partial charge on any atom is -0.353 e. The molecule has 3 rings (SSSR count). The summed E-state index contributed by atoms with van der Waals surface area (Å²) in [4.78, 5) is 12.1. The molecule has 1 aliphatic rings. The van der Waals surface area contributed by atoms with Gasteiger partial charge in [-0.2, -0.15) is 10.2 Å². The van der Waals surface area contributed by atoms with Crippen molar-refractivity contribution in [3.63, 3.8) is 0 Å². The molecule has 0 aliphatic heterocycles. The molecule has 0 fully saturated rings. The number of aromatic amines is 1. The van der Waals surface area contributed by atoms with Crippen molar-refractivity contribution in [2.75, 3.05) is 0 Å². The van der Waals surface area contributed by atoms with Gasteiger partial charge in [0.2, 0.25) is 5.91 Å². The maximum absolute atomic E-state index is 12.1. The Kier molecular flexibility index (Phi) is 4.27. The molecule has 0 saturated carbocycles. The van der Waals surface area contributed by atoms with Crippen molar-refractivity contribution in [1.82, 2.24) is 25.3 Å². The Balaban J connectivity index is 1.42. The van der Waals surface area contributed by atoms with Gasteiger partial charge in [0.15, 0.2) is 0 Å². The van der Waals surface area contributed by atoms with Gasteiger partial charge in [-0.05, 0) is 44.7 Å². The number of amides is 1. The number of H-pyrrole nitrogens is 1. The standard InChI is InChI=1S/C16H23N5O/c1-11-8-12(2)21(20-11)7-3-4-16(22)18-14-6-5-13-10-17-19-15(13)9-14/h8,10,14H,3-7,9H2,1-2H3,(H,17,19)(H,18,22)/t14-/m0/s1. The lowest BCUT2D eigenvalue weighted by Crippen LogP contribution is -2.38. The number of rotatable bonds is 5. The average Bonchev–Trinajstić information content (AvgIpc) is 3.05. The Morgan fingerprint density at radius 1 is 1.50 bits per heavy atom. The van der Waals surface area contributed by atoms with Gasteiger partial charge in [0.05, 0.1) is 11.9 Å². The van der Waals surface area contributed by atoms with Crippen LogP contribution in [0.3, 0.4) is 0 Å². The highest BCUT2D eigenvalue weighted by atomic mass is 16.1. The molecular formula is C16H23N5O. The van der Waals surface area contributed by atoms with Crippen molar-refractivity contribution in [3.8, 4) is 0 Å². The van der Waals surface area contributed by atoms with Crippen LogP contribution >= 0.6 is 0 Å². The maximum atomic E-state index is 12.1. The lowest BCUT2D eigenvalue weighted by molar-refractivity contribution is -0.122. The van der Waals surface area contributed by atoms with E-state index in [9.17, 15) is 4.79 Å². The molecule has 0 unspecified atom stereocenters. The normalized spacial score (nSPS) is 17.3. The molecule has 0 saturated heterocycles. The summed E-state index contributed by atoms with van der Waals surface area (Å²) in [5, 5.41) is 14.6. The molecule has 0 bridgehead atoms. The SMILES string of the molecule is Cc1cc(C)n(CCCC(=O)N[C@H]2CCc3cn[nH]c3C2)n1. The number of hydrogen-bond acceptors (Lipinski definition) is 3. The monoisotopic (exact) mass is 301 g/mol. The Morgan fingerprint density at radius 2 is 2.36 bits per heavy atom. The quantitative estimate of drug-likeness (QED) is 0.882. The van der Waals surface area contributed by atoms with Gasteiger partial charge in [-0.25, -0.2) is 0 Å². The molecule has 0 spiro atoms. The fourth-order valence-electron chi connectivity index (χ4n) is 3.12. The van der Waals surface area contributed by atoms with Crippen LogP contribution in [0.4, 0.5) is 0 Å². The Labute approximate surface area is 130 Å². The van der Waals surface area contributed by atoms with E-state index in [2.05, 4.69) is 26.7 Å². The Hall–Kier alpha value is -2.11. The third-order valence-corrected chi connectivity index (χ3v) is 4.26. The zero-order valence-corrected chi connectivity index (χ0v) is 13.2. The predicted octanol–water partition coefficient (Wildman–Crippen LogP) is 1.68. The molecule has 2 aromatic rings. The molecule has 0 radical (unpaired) electrons. The second kappa shape index (κ2) is 6.34. The molecule has 1 amide bonds. The number of fused-ring (bicyclic) bond motifs is 1. The van der Waals surface area contributed by atoms with Crippen LogP contribution in [0.5, 0.6) is 0 Å². The Bertz CT molecular complexity index is 657. The van der Waals surface area contributed by atoms with Crippen LogP contribution in [-0.2, 0) is 24.2 Å². The minimum atomic E-state index is 0.134. The summed E-state index contributed by atoms with van der Waals surface area (Å²) in [6, 6.07) is 2.29. The molecule has 1 aliphatic carbocycles. The van der Waals surface area contributed by atoms with Gasteiger partial charge in [-0.1, -0.05) is 0 Å². The lowest BCUT2D eigenvalue weighted by atomic mass is 9.93. The molecule has 1 atom stereocenters. The van der Waals surface area contributed by atoms with Crippen LogP contribution in [0.2, 0.25) is 0 Å². The fourth-order valence-corrected chi connectivity index (χ4v) is 3.12. The topological polar surface area (TPSA) is 75.6 Å². The molecule has 2 N–H and O–H groups in total. The molecule has 22 heavy (non-hydrogen) atoms. The van der Waals surface area contributed by atoms with Crippen LogP contribution in [-0.4, -0.2) is 31.9 Å². The van der Waals surface area contributed by atoms with E-state index in [1.54, 1.807) is 0 Å². The summed E-state index contributed by atoms with van der Waals surface area (Å²) >= 11 is 0. The lowest BCUT2D eigenvalue weighted by Gasteiger charge is -2.22. The van der Waals surface area contributed by atoms with Crippen molar-refractivity contribution < 1.29 is 4.79 Å². The summed E-state index contributed by atoms with van der Waals surface area (Å²) < 4.78 is 1.97. The molecular weight excluding hydrogens is 278 g/mol. The van der Waals surface area contributed by atoms with E-state index < -0.39 is 0 Å². The molecule has 118 valence electrons. The Morgan fingerprint density at radius 3 is 3.14 bits per heavy atom. The number of hydrogen-bond donors (Lipinski definition) is 2. The van der Waals surface area contributed by atoms with Gasteiger partial charge in [0.25, 0.3) is 0 Å². The predicted molar refractivity (Wildman–Crippen MR) is 83.5 cm³/mol. The summed E-state index contributed by atoms with van der Waals surface area (Å²) in [6.07, 6.45) is 6.10. The van der Waals surface area contributed by atoms with E-state index in [1.165, 1.54) is 11.3 Å². The zero-order valence-electron chi connectivity index (χ0n) is 13.2. The molecule has 6 nitrogen and oxygen atoms in total. The van der Waals surface area contributed by atoms with E-state index in [0.29, 0.717) is 6.42 Å². The molecule has 0 aromatic carbocycles. The summed E-state index contributed by atoms with van der Waals surface area (Å²) in [5.41, 5.74) is 4.63. The summed E-state index contributed by atoms with van der Waals surface area (Å²) in [6.45, 7) is 4.83. The minimum absolute atomic E-state index is 0.134. The van der Waals surface area contributed by atoms with Crippen LogP contribution < -0.4 is 5.32 Å². The highest BCUT2D eigenvalue weighted by molar-refractivity contribution is 5.76. The van der Waals surface area contributed by atoms with E-state index in [0.717, 1.165) is 43.6 Å². The molecule has 6 heteroatoms. The third kappa shape index (κ3) is 3.37. The van der Waals surface area contributed by atoms with Crippen molar-refractivity contribution >= 4 is 5.91 Å². The van der Waals surface area contributed by atoms with Crippen LogP contribution in [0, 0.1) is 13.8 Å². The second-order valence-electron chi connectivity index (χ2n) is 6.13. The van der Waals surface area contributed by atoms with Crippen molar-refractivity contribution in [3.05, 3.63) is 34.9 Å². The van der Waals surface area contributed by atoms with Gasteiger partial charge in [-0.15, -0.1) is 0 Å². The van der Waals surface area contributed by atoms with E-state index in [-0.39, 0.29) is 11.9 Å². The smallest absolute Gasteiger partial charge is 0.220 e. The number of nitrogens with zero attached hydrogens (tertiary/aromatic N) is 3.